The molecule has 0 fully saturated rings. The number of aromatic nitrogens is 3. The van der Waals surface area contributed by atoms with Crippen LogP contribution in [0.2, 0.25) is 0 Å². The SMILES string of the molecule is CC(C)C(N)(C(N)=O)c1cncc(-c2c[nH]c3ncc(CNC(=O)CC(F)(F)F)cc23)c1. The molecule has 1 atom stereocenters. The number of alkyl halides is 3. The molecule has 170 valence electrons. The van der Waals surface area contributed by atoms with E-state index in [0.29, 0.717) is 33.3 Å². The van der Waals surface area contributed by atoms with Gasteiger partial charge in [0.15, 0.2) is 0 Å². The van der Waals surface area contributed by atoms with Crippen molar-refractivity contribution in [2.45, 2.75) is 38.5 Å². The summed E-state index contributed by atoms with van der Waals surface area (Å²) in [6.07, 6.45) is 0.114. The van der Waals surface area contributed by atoms with Crippen LogP contribution in [0.3, 0.4) is 0 Å². The first-order valence-electron chi connectivity index (χ1n) is 9.76. The minimum atomic E-state index is -4.57. The predicted octanol–water partition coefficient (Wildman–Crippen LogP) is 2.49. The molecule has 3 heterocycles. The minimum absolute atomic E-state index is 0.109. The van der Waals surface area contributed by atoms with Crippen LogP contribution in [0.15, 0.2) is 36.9 Å². The van der Waals surface area contributed by atoms with Crippen LogP contribution >= 0.6 is 0 Å². The van der Waals surface area contributed by atoms with Crippen LogP contribution < -0.4 is 16.8 Å². The van der Waals surface area contributed by atoms with Crippen LogP contribution in [-0.4, -0.2) is 32.9 Å². The Morgan fingerprint density at radius 2 is 1.91 bits per heavy atom. The molecule has 32 heavy (non-hydrogen) atoms. The number of nitrogens with two attached hydrogens (primary N) is 2. The molecule has 0 saturated heterocycles. The normalized spacial score (nSPS) is 13.8. The van der Waals surface area contributed by atoms with Crippen molar-refractivity contribution in [3.8, 4) is 11.1 Å². The van der Waals surface area contributed by atoms with Gasteiger partial charge in [0.25, 0.3) is 0 Å². The number of carbonyl (C=O) groups is 2. The largest absolute Gasteiger partial charge is 0.397 e. The number of hydrogen-bond acceptors (Lipinski definition) is 5. The van der Waals surface area contributed by atoms with Crippen molar-refractivity contribution in [3.05, 3.63) is 48.0 Å². The van der Waals surface area contributed by atoms with Crippen molar-refractivity contribution in [2.24, 2.45) is 17.4 Å². The molecule has 6 N–H and O–H groups in total. The van der Waals surface area contributed by atoms with Gasteiger partial charge in [0, 0.05) is 53.4 Å². The number of rotatable bonds is 7. The van der Waals surface area contributed by atoms with Gasteiger partial charge in [0.1, 0.15) is 17.6 Å². The van der Waals surface area contributed by atoms with Gasteiger partial charge in [-0.15, -0.1) is 0 Å². The number of pyridine rings is 2. The Labute approximate surface area is 181 Å². The summed E-state index contributed by atoms with van der Waals surface area (Å²) in [7, 11) is 0. The highest BCUT2D eigenvalue weighted by Crippen LogP contribution is 2.32. The fraction of sp³-hybridized carbons (Fsp3) is 0.333. The molecule has 0 aliphatic rings. The highest BCUT2D eigenvalue weighted by Gasteiger charge is 2.38. The summed E-state index contributed by atoms with van der Waals surface area (Å²) in [5, 5.41) is 2.90. The summed E-state index contributed by atoms with van der Waals surface area (Å²) in [6.45, 7) is 3.46. The standard InChI is InChI=1S/C21H23F3N6O2/c1-11(2)21(26,19(25)32)14-4-13(8-27-9-14)16-10-30-18-15(16)3-12(7-29-18)6-28-17(31)5-20(22,23)24/h3-4,7-11H,5-6,26H2,1-2H3,(H2,25,32)(H,28,31)(H,29,30). The topological polar surface area (TPSA) is 140 Å². The summed E-state index contributed by atoms with van der Waals surface area (Å²) >= 11 is 0. The van der Waals surface area contributed by atoms with E-state index in [2.05, 4.69) is 20.3 Å². The maximum atomic E-state index is 12.3. The molecule has 3 aromatic rings. The summed E-state index contributed by atoms with van der Waals surface area (Å²) in [4.78, 5) is 35.0. The van der Waals surface area contributed by atoms with Gasteiger partial charge < -0.3 is 21.8 Å². The van der Waals surface area contributed by atoms with Gasteiger partial charge >= 0.3 is 6.18 Å². The van der Waals surface area contributed by atoms with Crippen LogP contribution in [0.4, 0.5) is 13.2 Å². The number of nitrogens with one attached hydrogen (secondary N) is 2. The molecule has 0 radical (unpaired) electrons. The number of H-pyrrole nitrogens is 1. The Balaban J connectivity index is 1.93. The molecule has 3 aromatic heterocycles. The predicted molar refractivity (Wildman–Crippen MR) is 112 cm³/mol. The lowest BCUT2D eigenvalue weighted by Gasteiger charge is -2.30. The van der Waals surface area contributed by atoms with Crippen molar-refractivity contribution < 1.29 is 22.8 Å². The Bertz CT molecular complexity index is 1160. The third-order valence-electron chi connectivity index (χ3n) is 5.28. The number of fused-ring (bicyclic) bond motifs is 1. The highest BCUT2D eigenvalue weighted by molar-refractivity contribution is 5.94. The van der Waals surface area contributed by atoms with Crippen molar-refractivity contribution in [1.29, 1.82) is 0 Å². The lowest BCUT2D eigenvalue weighted by atomic mass is 9.80. The first kappa shape index (κ1) is 23.2. The number of halogens is 3. The van der Waals surface area contributed by atoms with Crippen LogP contribution in [-0.2, 0) is 21.7 Å². The monoisotopic (exact) mass is 448 g/mol. The van der Waals surface area contributed by atoms with Crippen LogP contribution in [0, 0.1) is 5.92 Å². The molecular formula is C21H23F3N6O2. The molecule has 0 aliphatic carbocycles. The zero-order chi connectivity index (χ0) is 23.7. The summed E-state index contributed by atoms with van der Waals surface area (Å²) in [5.74, 6) is -2.08. The summed E-state index contributed by atoms with van der Waals surface area (Å²) in [6, 6.07) is 3.43. The molecule has 1 unspecified atom stereocenters. The Hall–Kier alpha value is -3.47. The number of amides is 2. The molecule has 2 amide bonds. The smallest absolute Gasteiger partial charge is 0.368 e. The van der Waals surface area contributed by atoms with E-state index in [4.69, 9.17) is 11.5 Å². The number of primary amides is 1. The summed E-state index contributed by atoms with van der Waals surface area (Å²) < 4.78 is 37.0. The van der Waals surface area contributed by atoms with Crippen LogP contribution in [0.25, 0.3) is 22.2 Å². The van der Waals surface area contributed by atoms with Crippen LogP contribution in [0.1, 0.15) is 31.4 Å². The number of carbonyl (C=O) groups excluding carboxylic acids is 2. The quantitative estimate of drug-likeness (QED) is 0.440. The zero-order valence-corrected chi connectivity index (χ0v) is 17.5. The van der Waals surface area contributed by atoms with Gasteiger partial charge in [-0.2, -0.15) is 13.2 Å². The Morgan fingerprint density at radius 3 is 2.53 bits per heavy atom. The Kier molecular flexibility index (Phi) is 6.22. The second-order valence-corrected chi connectivity index (χ2v) is 7.86. The van der Waals surface area contributed by atoms with Gasteiger partial charge in [-0.1, -0.05) is 13.8 Å². The van der Waals surface area contributed by atoms with E-state index in [1.807, 2.05) is 0 Å². The van der Waals surface area contributed by atoms with E-state index >= 15 is 0 Å². The second-order valence-electron chi connectivity index (χ2n) is 7.86. The van der Waals surface area contributed by atoms with Gasteiger partial charge in [-0.3, -0.25) is 14.6 Å². The average molecular weight is 448 g/mol. The van der Waals surface area contributed by atoms with E-state index in [-0.39, 0.29) is 12.5 Å². The number of aromatic amines is 1. The molecule has 0 spiro atoms. The van der Waals surface area contributed by atoms with E-state index in [0.717, 1.165) is 0 Å². The van der Waals surface area contributed by atoms with Crippen molar-refractivity contribution in [1.82, 2.24) is 20.3 Å². The van der Waals surface area contributed by atoms with Crippen LogP contribution in [0.5, 0.6) is 0 Å². The maximum Gasteiger partial charge on any atom is 0.397 e. The molecule has 0 bridgehead atoms. The third-order valence-corrected chi connectivity index (χ3v) is 5.28. The number of nitrogens with zero attached hydrogens (tertiary/aromatic N) is 2. The van der Waals surface area contributed by atoms with E-state index in [1.165, 1.54) is 12.4 Å². The lowest BCUT2D eigenvalue weighted by Crippen LogP contribution is -2.53. The highest BCUT2D eigenvalue weighted by atomic mass is 19.4. The molecule has 0 aromatic carbocycles. The maximum absolute atomic E-state index is 12.3. The van der Waals surface area contributed by atoms with Gasteiger partial charge in [-0.25, -0.2) is 4.98 Å². The number of hydrogen-bond donors (Lipinski definition) is 4. The van der Waals surface area contributed by atoms with E-state index in [9.17, 15) is 22.8 Å². The lowest BCUT2D eigenvalue weighted by molar-refractivity contribution is -0.153. The minimum Gasteiger partial charge on any atom is -0.368 e. The molecule has 8 nitrogen and oxygen atoms in total. The zero-order valence-electron chi connectivity index (χ0n) is 17.5. The molecule has 0 saturated carbocycles. The second kappa shape index (κ2) is 8.58. The Morgan fingerprint density at radius 1 is 1.19 bits per heavy atom. The van der Waals surface area contributed by atoms with Gasteiger partial charge in [0.2, 0.25) is 11.8 Å². The summed E-state index contributed by atoms with van der Waals surface area (Å²) in [5.41, 5.74) is 13.3. The van der Waals surface area contributed by atoms with Gasteiger partial charge in [0.05, 0.1) is 0 Å². The van der Waals surface area contributed by atoms with Crippen molar-refractivity contribution in [3.63, 3.8) is 0 Å². The molecular weight excluding hydrogens is 425 g/mol. The van der Waals surface area contributed by atoms with Crippen molar-refractivity contribution >= 4 is 22.8 Å². The molecule has 3 rings (SSSR count). The first-order valence-corrected chi connectivity index (χ1v) is 9.76. The fourth-order valence-electron chi connectivity index (χ4n) is 3.40. The molecule has 11 heteroatoms. The third kappa shape index (κ3) is 4.72. The van der Waals surface area contributed by atoms with Crippen molar-refractivity contribution in [2.75, 3.05) is 0 Å². The molecule has 0 aliphatic heterocycles. The van der Waals surface area contributed by atoms with E-state index < -0.39 is 30.0 Å². The fourth-order valence-corrected chi connectivity index (χ4v) is 3.40. The first-order chi connectivity index (χ1) is 14.9. The van der Waals surface area contributed by atoms with E-state index in [1.54, 1.807) is 38.4 Å². The van der Waals surface area contributed by atoms with Gasteiger partial charge in [-0.05, 0) is 23.6 Å². The average Bonchev–Trinajstić information content (AvgIpc) is 3.13.